The van der Waals surface area contributed by atoms with Crippen molar-refractivity contribution in [3.8, 4) is 16.9 Å². The number of carbonyl (C=O) groups excluding carboxylic acids is 1. The number of H-pyrrole nitrogens is 1. The van der Waals surface area contributed by atoms with Gasteiger partial charge in [-0.25, -0.2) is 0 Å². The summed E-state index contributed by atoms with van der Waals surface area (Å²) in [6, 6.07) is 16.3. The van der Waals surface area contributed by atoms with E-state index in [0.29, 0.717) is 18.8 Å². The van der Waals surface area contributed by atoms with Gasteiger partial charge in [-0.2, -0.15) is 0 Å². The first-order valence-electron chi connectivity index (χ1n) is 12.4. The Morgan fingerprint density at radius 3 is 2.94 bits per heavy atom. The van der Waals surface area contributed by atoms with E-state index in [2.05, 4.69) is 44.9 Å². The maximum atomic E-state index is 12.6. The highest BCUT2D eigenvalue weighted by molar-refractivity contribution is 6.31. The summed E-state index contributed by atoms with van der Waals surface area (Å²) < 4.78 is 6.03. The number of nitrogens with one attached hydrogen (secondary N) is 3. The van der Waals surface area contributed by atoms with Gasteiger partial charge in [-0.1, -0.05) is 30.3 Å². The molecule has 0 saturated carbocycles. The van der Waals surface area contributed by atoms with Crippen LogP contribution in [0.25, 0.3) is 27.6 Å². The van der Waals surface area contributed by atoms with Crippen molar-refractivity contribution in [3.63, 3.8) is 0 Å². The molecule has 4 heterocycles. The molecule has 0 bridgehead atoms. The first kappa shape index (κ1) is 22.5. The molecule has 7 nitrogen and oxygen atoms in total. The van der Waals surface area contributed by atoms with Crippen molar-refractivity contribution in [2.45, 2.75) is 31.3 Å². The van der Waals surface area contributed by atoms with E-state index >= 15 is 0 Å². The van der Waals surface area contributed by atoms with Crippen LogP contribution in [0.3, 0.4) is 0 Å². The summed E-state index contributed by atoms with van der Waals surface area (Å²) in [4.78, 5) is 20.3. The minimum atomic E-state index is -0.151. The van der Waals surface area contributed by atoms with E-state index in [4.69, 9.17) is 10.5 Å². The number of hydrogen-bond acceptors (Lipinski definition) is 5. The molecule has 1 unspecified atom stereocenters. The minimum Gasteiger partial charge on any atom is -0.490 e. The highest BCUT2D eigenvalue weighted by Crippen LogP contribution is 2.36. The normalized spacial score (nSPS) is 19.0. The molecule has 36 heavy (non-hydrogen) atoms. The fraction of sp³-hybridized carbons (Fsp3) is 0.241. The van der Waals surface area contributed by atoms with E-state index in [1.54, 1.807) is 6.20 Å². The van der Waals surface area contributed by atoms with Crippen molar-refractivity contribution in [2.24, 2.45) is 5.73 Å². The Morgan fingerprint density at radius 2 is 2.06 bits per heavy atom. The SMILES string of the molecule is N[C@H](COc1cncc(-c2ccc3c(c2)C(=CC2CCCN2)C(=O)N3)c1)Cc1c[nH]c2ccccc12. The number of aromatic amines is 1. The minimum absolute atomic E-state index is 0.0461. The number of rotatable bonds is 7. The number of para-hydroxylation sites is 1. The van der Waals surface area contributed by atoms with Gasteiger partial charge < -0.3 is 26.1 Å². The molecule has 0 spiro atoms. The molecule has 1 amide bonds. The second kappa shape index (κ2) is 9.60. The Bertz CT molecular complexity index is 1450. The van der Waals surface area contributed by atoms with Crippen LogP contribution in [0.4, 0.5) is 5.69 Å². The number of hydrogen-bond donors (Lipinski definition) is 4. The van der Waals surface area contributed by atoms with Gasteiger partial charge >= 0.3 is 0 Å². The van der Waals surface area contributed by atoms with Crippen molar-refractivity contribution >= 4 is 28.1 Å². The maximum Gasteiger partial charge on any atom is 0.256 e. The first-order valence-corrected chi connectivity index (χ1v) is 12.4. The van der Waals surface area contributed by atoms with Gasteiger partial charge in [-0.3, -0.25) is 9.78 Å². The molecule has 2 atom stereocenters. The van der Waals surface area contributed by atoms with E-state index < -0.39 is 0 Å². The lowest BCUT2D eigenvalue weighted by Gasteiger charge is -2.14. The van der Waals surface area contributed by atoms with Gasteiger partial charge in [0.1, 0.15) is 12.4 Å². The lowest BCUT2D eigenvalue weighted by atomic mass is 9.99. The van der Waals surface area contributed by atoms with Crippen LogP contribution in [-0.4, -0.2) is 41.1 Å². The van der Waals surface area contributed by atoms with Crippen LogP contribution in [0.15, 0.2) is 73.2 Å². The molecule has 0 aliphatic carbocycles. The van der Waals surface area contributed by atoms with Crippen molar-refractivity contribution < 1.29 is 9.53 Å². The number of fused-ring (bicyclic) bond motifs is 2. The van der Waals surface area contributed by atoms with Crippen LogP contribution < -0.4 is 21.1 Å². The van der Waals surface area contributed by atoms with Gasteiger partial charge in [-0.05, 0) is 61.2 Å². The number of anilines is 1. The summed E-state index contributed by atoms with van der Waals surface area (Å²) in [6.45, 7) is 1.38. The van der Waals surface area contributed by atoms with Crippen molar-refractivity contribution in [3.05, 3.63) is 84.3 Å². The van der Waals surface area contributed by atoms with Crippen LogP contribution in [0, 0.1) is 0 Å². The summed E-state index contributed by atoms with van der Waals surface area (Å²) in [5.74, 6) is 0.623. The highest BCUT2D eigenvalue weighted by Gasteiger charge is 2.26. The van der Waals surface area contributed by atoms with E-state index in [0.717, 1.165) is 52.9 Å². The molecule has 1 saturated heterocycles. The van der Waals surface area contributed by atoms with Gasteiger partial charge in [0.05, 0.1) is 6.20 Å². The number of aromatic nitrogens is 2. The molecule has 2 aromatic heterocycles. The molecule has 4 aromatic rings. The number of nitrogens with two attached hydrogens (primary N) is 1. The van der Waals surface area contributed by atoms with E-state index in [9.17, 15) is 4.79 Å². The molecule has 5 N–H and O–H groups in total. The molecule has 6 rings (SSSR count). The molecule has 0 radical (unpaired) electrons. The van der Waals surface area contributed by atoms with E-state index in [1.807, 2.05) is 42.7 Å². The zero-order chi connectivity index (χ0) is 24.5. The van der Waals surface area contributed by atoms with Crippen molar-refractivity contribution in [2.75, 3.05) is 18.5 Å². The molecule has 2 aliphatic rings. The van der Waals surface area contributed by atoms with Crippen molar-refractivity contribution in [1.29, 1.82) is 0 Å². The number of nitrogens with zero attached hydrogens (tertiary/aromatic N) is 1. The van der Waals surface area contributed by atoms with Crippen LogP contribution in [0.5, 0.6) is 5.75 Å². The van der Waals surface area contributed by atoms with Gasteiger partial charge in [0.25, 0.3) is 5.91 Å². The molecular formula is C29H29N5O2. The van der Waals surface area contributed by atoms with Gasteiger partial charge in [0.2, 0.25) is 0 Å². The third-order valence-corrected chi connectivity index (χ3v) is 6.94. The van der Waals surface area contributed by atoms with Crippen molar-refractivity contribution in [1.82, 2.24) is 15.3 Å². The number of pyridine rings is 1. The molecule has 1 fully saturated rings. The predicted molar refractivity (Wildman–Crippen MR) is 143 cm³/mol. The summed E-state index contributed by atoms with van der Waals surface area (Å²) in [7, 11) is 0. The number of carbonyl (C=O) groups is 1. The predicted octanol–water partition coefficient (Wildman–Crippen LogP) is 4.27. The summed E-state index contributed by atoms with van der Waals surface area (Å²) >= 11 is 0. The topological polar surface area (TPSA) is 105 Å². The Morgan fingerprint density at radius 1 is 1.14 bits per heavy atom. The molecule has 2 aliphatic heterocycles. The summed E-state index contributed by atoms with van der Waals surface area (Å²) in [5.41, 5.74) is 13.1. The van der Waals surface area contributed by atoms with E-state index in [1.165, 1.54) is 10.9 Å². The zero-order valence-corrected chi connectivity index (χ0v) is 20.0. The van der Waals surface area contributed by atoms with E-state index in [-0.39, 0.29) is 18.0 Å². The monoisotopic (exact) mass is 479 g/mol. The quantitative estimate of drug-likeness (QED) is 0.296. The molecule has 7 heteroatoms. The summed E-state index contributed by atoms with van der Waals surface area (Å²) in [5, 5.41) is 7.61. The second-order valence-electron chi connectivity index (χ2n) is 9.54. The highest BCUT2D eigenvalue weighted by atomic mass is 16.5. The van der Waals surface area contributed by atoms with Crippen LogP contribution in [-0.2, 0) is 11.2 Å². The van der Waals surface area contributed by atoms with Crippen LogP contribution in [0.1, 0.15) is 24.0 Å². The third-order valence-electron chi connectivity index (χ3n) is 6.94. The van der Waals surface area contributed by atoms with Gasteiger partial charge in [-0.15, -0.1) is 0 Å². The Kier molecular flexibility index (Phi) is 6.01. The largest absolute Gasteiger partial charge is 0.490 e. The van der Waals surface area contributed by atoms with Gasteiger partial charge in [0.15, 0.2) is 0 Å². The molecule has 2 aromatic carbocycles. The lowest BCUT2D eigenvalue weighted by Crippen LogP contribution is -2.30. The molecule has 182 valence electrons. The zero-order valence-electron chi connectivity index (χ0n) is 20.0. The first-order chi connectivity index (χ1) is 17.6. The fourth-order valence-electron chi connectivity index (χ4n) is 5.09. The maximum absolute atomic E-state index is 12.6. The number of amides is 1. The lowest BCUT2D eigenvalue weighted by molar-refractivity contribution is -0.110. The fourth-order valence-corrected chi connectivity index (χ4v) is 5.09. The Hall–Kier alpha value is -3.94. The average molecular weight is 480 g/mol. The number of ether oxygens (including phenoxy) is 1. The Balaban J connectivity index is 1.16. The summed E-state index contributed by atoms with van der Waals surface area (Å²) in [6.07, 6.45) is 10.5. The second-order valence-corrected chi connectivity index (χ2v) is 9.54. The third kappa shape index (κ3) is 4.51. The molecular weight excluding hydrogens is 450 g/mol. The Labute approximate surface area is 209 Å². The van der Waals surface area contributed by atoms with Gasteiger partial charge in [0, 0.05) is 57.8 Å². The standard InChI is InChI=1S/C29H29N5O2/c30-21(10-20-15-33-27-6-2-1-5-24(20)27)17-36-23-11-19(14-31-16-23)18-7-8-28-25(12-18)26(29(35)34-28)13-22-4-3-9-32-22/h1-2,5-8,11-16,21-22,32-33H,3-4,9-10,17,30H2,(H,34,35)/t21-,22?/m0/s1. The van der Waals surface area contributed by atoms with Crippen LogP contribution >= 0.6 is 0 Å². The average Bonchev–Trinajstić information content (AvgIpc) is 3.63. The smallest absolute Gasteiger partial charge is 0.256 e. The van der Waals surface area contributed by atoms with Crippen LogP contribution in [0.2, 0.25) is 0 Å². The number of benzene rings is 2.